The Morgan fingerprint density at radius 1 is 1.44 bits per heavy atom. The molecule has 0 atom stereocenters. The molecule has 0 saturated heterocycles. The van der Waals surface area contributed by atoms with Gasteiger partial charge in [-0.1, -0.05) is 25.8 Å². The normalized spacial score (nSPS) is 11.2. The van der Waals surface area contributed by atoms with Crippen LogP contribution in [0, 0.1) is 6.92 Å². The second-order valence-corrected chi connectivity index (χ2v) is 4.07. The second-order valence-electron chi connectivity index (χ2n) is 4.07. The highest BCUT2D eigenvalue weighted by Crippen LogP contribution is 2.16. The Kier molecular flexibility index (Phi) is 5.03. The van der Waals surface area contributed by atoms with Gasteiger partial charge in [0.05, 0.1) is 5.56 Å². The molecule has 1 heterocycles. The lowest BCUT2D eigenvalue weighted by atomic mass is 10.1. The molecule has 0 radical (unpaired) electrons. The summed E-state index contributed by atoms with van der Waals surface area (Å²) >= 11 is 0. The van der Waals surface area contributed by atoms with Crippen LogP contribution >= 0.6 is 0 Å². The number of aryl methyl sites for hydroxylation is 1. The highest BCUT2D eigenvalue weighted by Gasteiger charge is 2.08. The third kappa shape index (κ3) is 3.69. The monoisotopic (exact) mass is 220 g/mol. The molecule has 1 rings (SSSR count). The summed E-state index contributed by atoms with van der Waals surface area (Å²) in [5.41, 5.74) is 0.688. The van der Waals surface area contributed by atoms with Crippen molar-refractivity contribution in [3.63, 3.8) is 0 Å². The largest absolute Gasteiger partial charge is 0.461 e. The second kappa shape index (κ2) is 6.31. The quantitative estimate of drug-likeness (QED) is 0.526. The van der Waals surface area contributed by atoms with E-state index in [0.29, 0.717) is 11.3 Å². The van der Waals surface area contributed by atoms with Crippen LogP contribution < -0.4 is 0 Å². The summed E-state index contributed by atoms with van der Waals surface area (Å²) in [6, 6.07) is 1.81. The van der Waals surface area contributed by atoms with Crippen molar-refractivity contribution in [2.45, 2.75) is 46.5 Å². The van der Waals surface area contributed by atoms with Crippen LogP contribution in [-0.4, -0.2) is 5.78 Å². The highest BCUT2D eigenvalue weighted by molar-refractivity contribution is 5.95. The number of ketones is 1. The first-order valence-electron chi connectivity index (χ1n) is 5.93. The maximum absolute atomic E-state index is 11.2. The number of hydrogen-bond acceptors (Lipinski definition) is 2. The molecule has 1 aromatic rings. The van der Waals surface area contributed by atoms with E-state index in [0.717, 1.165) is 12.2 Å². The standard InChI is InChI=1S/C14H20O2/c1-4-5-6-7-8-9-13-10-14(11(2)15)12(3)16-13/h8-10H,4-7H2,1-3H3/b9-8+. The molecule has 88 valence electrons. The number of allylic oxidation sites excluding steroid dienone is 1. The van der Waals surface area contributed by atoms with E-state index in [2.05, 4.69) is 13.0 Å². The van der Waals surface area contributed by atoms with Gasteiger partial charge in [0.1, 0.15) is 11.5 Å². The first-order chi connectivity index (χ1) is 7.65. The van der Waals surface area contributed by atoms with Gasteiger partial charge >= 0.3 is 0 Å². The molecule has 0 unspecified atom stereocenters. The van der Waals surface area contributed by atoms with Gasteiger partial charge in [0.25, 0.3) is 0 Å². The average molecular weight is 220 g/mol. The van der Waals surface area contributed by atoms with E-state index in [-0.39, 0.29) is 5.78 Å². The Morgan fingerprint density at radius 3 is 2.75 bits per heavy atom. The van der Waals surface area contributed by atoms with Gasteiger partial charge in [-0.25, -0.2) is 0 Å². The Hall–Kier alpha value is -1.31. The summed E-state index contributed by atoms with van der Waals surface area (Å²) in [6.07, 6.45) is 8.85. The summed E-state index contributed by atoms with van der Waals surface area (Å²) in [6.45, 7) is 5.58. The van der Waals surface area contributed by atoms with E-state index in [4.69, 9.17) is 4.42 Å². The molecule has 2 nitrogen and oxygen atoms in total. The molecule has 0 aromatic carbocycles. The number of carbonyl (C=O) groups is 1. The van der Waals surface area contributed by atoms with Crippen molar-refractivity contribution in [3.8, 4) is 0 Å². The van der Waals surface area contributed by atoms with Gasteiger partial charge in [0.2, 0.25) is 0 Å². The molecule has 0 spiro atoms. The molecular formula is C14H20O2. The number of furan rings is 1. The van der Waals surface area contributed by atoms with Gasteiger partial charge in [0, 0.05) is 0 Å². The van der Waals surface area contributed by atoms with Crippen LogP contribution in [0.2, 0.25) is 0 Å². The lowest BCUT2D eigenvalue weighted by Gasteiger charge is -1.90. The van der Waals surface area contributed by atoms with E-state index in [1.807, 2.05) is 19.1 Å². The number of unbranched alkanes of at least 4 members (excludes halogenated alkanes) is 3. The summed E-state index contributed by atoms with van der Waals surface area (Å²) in [5, 5.41) is 0. The fourth-order valence-electron chi connectivity index (χ4n) is 1.65. The molecular weight excluding hydrogens is 200 g/mol. The molecule has 0 fully saturated rings. The van der Waals surface area contributed by atoms with Crippen molar-refractivity contribution in [3.05, 3.63) is 29.2 Å². The molecule has 2 heteroatoms. The fraction of sp³-hybridized carbons (Fsp3) is 0.500. The van der Waals surface area contributed by atoms with Crippen LogP contribution in [0.25, 0.3) is 6.08 Å². The fourth-order valence-corrected chi connectivity index (χ4v) is 1.65. The Morgan fingerprint density at radius 2 is 2.19 bits per heavy atom. The van der Waals surface area contributed by atoms with E-state index in [9.17, 15) is 4.79 Å². The zero-order valence-corrected chi connectivity index (χ0v) is 10.4. The van der Waals surface area contributed by atoms with Gasteiger partial charge in [-0.15, -0.1) is 0 Å². The molecule has 0 saturated carbocycles. The van der Waals surface area contributed by atoms with Crippen LogP contribution in [0.5, 0.6) is 0 Å². The number of Topliss-reactive ketones (excluding diaryl/α,β-unsaturated/α-hetero) is 1. The Balaban J connectivity index is 2.54. The van der Waals surface area contributed by atoms with Crippen molar-refractivity contribution < 1.29 is 9.21 Å². The minimum absolute atomic E-state index is 0.0619. The van der Waals surface area contributed by atoms with Crippen molar-refractivity contribution in [1.82, 2.24) is 0 Å². The average Bonchev–Trinajstić information content (AvgIpc) is 2.59. The van der Waals surface area contributed by atoms with Gasteiger partial charge in [-0.05, 0) is 38.8 Å². The molecule has 0 aliphatic carbocycles. The topological polar surface area (TPSA) is 30.2 Å². The smallest absolute Gasteiger partial charge is 0.163 e. The minimum Gasteiger partial charge on any atom is -0.461 e. The summed E-state index contributed by atoms with van der Waals surface area (Å²) in [4.78, 5) is 11.2. The van der Waals surface area contributed by atoms with E-state index < -0.39 is 0 Å². The van der Waals surface area contributed by atoms with Gasteiger partial charge in [-0.3, -0.25) is 4.79 Å². The van der Waals surface area contributed by atoms with Gasteiger partial charge in [0.15, 0.2) is 5.78 Å². The number of hydrogen-bond donors (Lipinski definition) is 0. The number of carbonyl (C=O) groups excluding carboxylic acids is 1. The SMILES string of the molecule is CCCCC/C=C/c1cc(C(C)=O)c(C)o1. The lowest BCUT2D eigenvalue weighted by Crippen LogP contribution is -1.89. The first-order valence-corrected chi connectivity index (χ1v) is 5.93. The van der Waals surface area contributed by atoms with Crippen molar-refractivity contribution in [1.29, 1.82) is 0 Å². The number of rotatable bonds is 6. The first kappa shape index (κ1) is 12.8. The third-order valence-electron chi connectivity index (χ3n) is 2.57. The summed E-state index contributed by atoms with van der Waals surface area (Å²) < 4.78 is 5.47. The zero-order chi connectivity index (χ0) is 12.0. The van der Waals surface area contributed by atoms with E-state index in [1.54, 1.807) is 6.92 Å². The van der Waals surface area contributed by atoms with Crippen LogP contribution in [0.1, 0.15) is 61.4 Å². The highest BCUT2D eigenvalue weighted by atomic mass is 16.3. The third-order valence-corrected chi connectivity index (χ3v) is 2.57. The molecule has 1 aromatic heterocycles. The molecule has 0 aliphatic rings. The molecule has 0 bridgehead atoms. The van der Waals surface area contributed by atoms with Gasteiger partial charge in [-0.2, -0.15) is 0 Å². The van der Waals surface area contributed by atoms with Crippen molar-refractivity contribution in [2.75, 3.05) is 0 Å². The zero-order valence-electron chi connectivity index (χ0n) is 10.4. The Bertz CT molecular complexity index is 372. The predicted octanol–water partition coefficient (Wildman–Crippen LogP) is 4.38. The maximum atomic E-state index is 11.2. The van der Waals surface area contributed by atoms with Crippen LogP contribution in [-0.2, 0) is 0 Å². The van der Waals surface area contributed by atoms with Crippen LogP contribution in [0.4, 0.5) is 0 Å². The molecule has 0 aliphatic heterocycles. The van der Waals surface area contributed by atoms with Crippen molar-refractivity contribution in [2.24, 2.45) is 0 Å². The minimum atomic E-state index is 0.0619. The van der Waals surface area contributed by atoms with Crippen LogP contribution in [0.3, 0.4) is 0 Å². The summed E-state index contributed by atoms with van der Waals surface area (Å²) in [5.74, 6) is 1.55. The van der Waals surface area contributed by atoms with Crippen molar-refractivity contribution >= 4 is 11.9 Å². The lowest BCUT2D eigenvalue weighted by molar-refractivity contribution is 0.101. The molecule has 16 heavy (non-hydrogen) atoms. The van der Waals surface area contributed by atoms with E-state index >= 15 is 0 Å². The molecule has 0 N–H and O–H groups in total. The summed E-state index contributed by atoms with van der Waals surface area (Å²) in [7, 11) is 0. The van der Waals surface area contributed by atoms with Crippen LogP contribution in [0.15, 0.2) is 16.6 Å². The van der Waals surface area contributed by atoms with Gasteiger partial charge < -0.3 is 4.42 Å². The van der Waals surface area contributed by atoms with E-state index in [1.165, 1.54) is 19.3 Å². The molecule has 0 amide bonds. The maximum Gasteiger partial charge on any atom is 0.163 e. The Labute approximate surface area is 97.3 Å². The predicted molar refractivity (Wildman–Crippen MR) is 66.6 cm³/mol.